The molecule has 3 unspecified atom stereocenters. The summed E-state index contributed by atoms with van der Waals surface area (Å²) in [6, 6.07) is 7.81. The average Bonchev–Trinajstić information content (AvgIpc) is 3.20. The van der Waals surface area contributed by atoms with Crippen molar-refractivity contribution < 1.29 is 19.4 Å². The number of piperidine rings is 1. The number of anilines is 1. The Balaban J connectivity index is 1.55. The largest absolute Gasteiger partial charge is 0.497 e. The molecule has 2 aromatic rings. The summed E-state index contributed by atoms with van der Waals surface area (Å²) in [5.41, 5.74) is 1.58. The number of fused-ring (bicyclic) bond motifs is 1. The molecular weight excluding hydrogens is 512 g/mol. The number of amides is 1. The highest BCUT2D eigenvalue weighted by Crippen LogP contribution is 2.36. The van der Waals surface area contributed by atoms with E-state index in [4.69, 9.17) is 9.84 Å². The molecule has 1 fully saturated rings. The number of Topliss-reactive ketones (excluding diaryl/α,β-unsaturated/α-hetero) is 1. The molecule has 1 saturated heterocycles. The number of likely N-dealkylation sites (tertiary alicyclic amines) is 1. The first-order valence-corrected chi connectivity index (χ1v) is 13.1. The topological polar surface area (TPSA) is 87.9 Å². The lowest BCUT2D eigenvalue weighted by Crippen LogP contribution is -2.53. The molecule has 0 radical (unpaired) electrons. The molecule has 1 aromatic carbocycles. The monoisotopic (exact) mass is 546 g/mol. The Labute approximate surface area is 215 Å². The zero-order chi connectivity index (χ0) is 25.3. The van der Waals surface area contributed by atoms with Gasteiger partial charge in [-0.15, -0.1) is 0 Å². The number of methoxy groups -OCH3 is 1. The van der Waals surface area contributed by atoms with Crippen LogP contribution in [0.3, 0.4) is 0 Å². The Morgan fingerprint density at radius 2 is 1.91 bits per heavy atom. The van der Waals surface area contributed by atoms with E-state index in [0.717, 1.165) is 43.1 Å². The van der Waals surface area contributed by atoms with Crippen LogP contribution >= 0.6 is 15.9 Å². The van der Waals surface area contributed by atoms with Crippen molar-refractivity contribution in [1.82, 2.24) is 14.7 Å². The quantitative estimate of drug-likeness (QED) is 0.536. The van der Waals surface area contributed by atoms with E-state index in [9.17, 15) is 14.7 Å². The summed E-state index contributed by atoms with van der Waals surface area (Å²) >= 11 is 3.58. The fraction of sp³-hybridized carbons (Fsp3) is 0.577. The molecule has 9 heteroatoms. The van der Waals surface area contributed by atoms with Crippen LogP contribution in [0.15, 0.2) is 30.5 Å². The molecule has 35 heavy (non-hydrogen) atoms. The lowest BCUT2D eigenvalue weighted by atomic mass is 9.77. The van der Waals surface area contributed by atoms with Gasteiger partial charge in [0.05, 0.1) is 24.0 Å². The maximum absolute atomic E-state index is 13.1. The number of ketones is 1. The Morgan fingerprint density at radius 3 is 2.54 bits per heavy atom. The number of ether oxygens (including phenoxy) is 1. The van der Waals surface area contributed by atoms with E-state index in [0.29, 0.717) is 31.0 Å². The van der Waals surface area contributed by atoms with Crippen molar-refractivity contribution in [2.24, 2.45) is 11.3 Å². The van der Waals surface area contributed by atoms with Gasteiger partial charge in [0, 0.05) is 31.9 Å². The summed E-state index contributed by atoms with van der Waals surface area (Å²) in [4.78, 5) is 28.5. The average molecular weight is 547 g/mol. The molecule has 4 rings (SSSR count). The normalized spacial score (nSPS) is 23.1. The maximum Gasteiger partial charge on any atom is 0.407 e. The molecule has 0 bridgehead atoms. The van der Waals surface area contributed by atoms with Gasteiger partial charge >= 0.3 is 6.09 Å². The smallest absolute Gasteiger partial charge is 0.407 e. The molecule has 3 atom stereocenters. The maximum atomic E-state index is 13.1. The second-order valence-electron chi connectivity index (χ2n) is 10.7. The minimum atomic E-state index is -0.842. The number of carboxylic acid groups (broad SMARTS) is 1. The van der Waals surface area contributed by atoms with Gasteiger partial charge in [0.25, 0.3) is 0 Å². The van der Waals surface area contributed by atoms with Gasteiger partial charge in [-0.25, -0.2) is 4.79 Å². The van der Waals surface area contributed by atoms with Gasteiger partial charge < -0.3 is 19.6 Å². The van der Waals surface area contributed by atoms with E-state index < -0.39 is 6.09 Å². The van der Waals surface area contributed by atoms with Gasteiger partial charge in [0.1, 0.15) is 5.75 Å². The molecule has 0 aliphatic carbocycles. The van der Waals surface area contributed by atoms with E-state index in [1.165, 1.54) is 0 Å². The van der Waals surface area contributed by atoms with Crippen molar-refractivity contribution in [2.75, 3.05) is 31.6 Å². The Kier molecular flexibility index (Phi) is 7.45. The summed E-state index contributed by atoms with van der Waals surface area (Å²) in [6.07, 6.45) is 3.34. The van der Waals surface area contributed by atoms with Gasteiger partial charge in [0.2, 0.25) is 0 Å². The van der Waals surface area contributed by atoms with Crippen LogP contribution in [-0.2, 0) is 6.54 Å². The van der Waals surface area contributed by atoms with Crippen LogP contribution in [0.25, 0.3) is 0 Å². The molecule has 1 amide bonds. The van der Waals surface area contributed by atoms with Crippen molar-refractivity contribution >= 4 is 33.6 Å². The number of carbonyl (C=O) groups is 2. The highest BCUT2D eigenvalue weighted by molar-refractivity contribution is 9.10. The summed E-state index contributed by atoms with van der Waals surface area (Å²) in [5.74, 6) is 1.93. The number of halogens is 1. The molecule has 2 aliphatic heterocycles. The van der Waals surface area contributed by atoms with Crippen LogP contribution in [0, 0.1) is 11.3 Å². The molecule has 0 spiro atoms. The van der Waals surface area contributed by atoms with Crippen LogP contribution in [0.1, 0.15) is 56.0 Å². The number of hydrogen-bond acceptors (Lipinski definition) is 5. The lowest BCUT2D eigenvalue weighted by Gasteiger charge is -2.45. The third kappa shape index (κ3) is 5.66. The summed E-state index contributed by atoms with van der Waals surface area (Å²) in [6.45, 7) is 8.91. The van der Waals surface area contributed by atoms with E-state index in [2.05, 4.69) is 41.6 Å². The first-order chi connectivity index (χ1) is 16.6. The third-order valence-electron chi connectivity index (χ3n) is 7.18. The predicted octanol–water partition coefficient (Wildman–Crippen LogP) is 4.90. The molecule has 0 saturated carbocycles. The first-order valence-electron chi connectivity index (χ1n) is 12.2. The number of carbonyl (C=O) groups excluding carboxylic acids is 1. The van der Waals surface area contributed by atoms with Crippen LogP contribution in [0.2, 0.25) is 0 Å². The molecular formula is C26H35BrN4O4. The number of nitrogens with zero attached hydrogens (tertiary/aromatic N) is 4. The second-order valence-corrected chi connectivity index (χ2v) is 11.8. The van der Waals surface area contributed by atoms with Gasteiger partial charge in [-0.3, -0.25) is 9.48 Å². The second kappa shape index (κ2) is 10.2. The molecule has 1 N–H and O–H groups in total. The van der Waals surface area contributed by atoms with E-state index in [1.54, 1.807) is 12.0 Å². The minimum absolute atomic E-state index is 0.0385. The highest BCUT2D eigenvalue weighted by Gasteiger charge is 2.40. The Hall–Kier alpha value is -2.55. The van der Waals surface area contributed by atoms with Crippen LogP contribution < -0.4 is 9.64 Å². The van der Waals surface area contributed by atoms with Gasteiger partial charge in [0.15, 0.2) is 11.6 Å². The fourth-order valence-corrected chi connectivity index (χ4v) is 5.69. The van der Waals surface area contributed by atoms with Crippen molar-refractivity contribution in [3.8, 4) is 5.75 Å². The summed E-state index contributed by atoms with van der Waals surface area (Å²) in [5, 5.41) is 14.6. The molecule has 1 aromatic heterocycles. The number of aromatic nitrogens is 2. The highest BCUT2D eigenvalue weighted by atomic mass is 79.9. The standard InChI is InChI=1S/C26H35BrN4O4/c1-26(2,3)22-13-18(9-12-31(22)25(33)34)14-29-11-10-21(27)23(32)20-16-30(28-24(20)29)15-17-5-7-19(35-4)8-6-17/h5-8,16,18,21-22H,9-15H2,1-4H3,(H,33,34). The molecule has 2 aliphatic rings. The zero-order valence-electron chi connectivity index (χ0n) is 20.9. The number of rotatable bonds is 5. The number of benzene rings is 1. The first kappa shape index (κ1) is 25.5. The van der Waals surface area contributed by atoms with Crippen molar-refractivity contribution in [1.29, 1.82) is 0 Å². The third-order valence-corrected chi connectivity index (χ3v) is 8.06. The summed E-state index contributed by atoms with van der Waals surface area (Å²) < 4.78 is 7.09. The summed E-state index contributed by atoms with van der Waals surface area (Å²) in [7, 11) is 1.64. The number of hydrogen-bond donors (Lipinski definition) is 1. The van der Waals surface area contributed by atoms with Crippen molar-refractivity contribution in [3.05, 3.63) is 41.6 Å². The van der Waals surface area contributed by atoms with Crippen LogP contribution in [0.4, 0.5) is 10.6 Å². The van der Waals surface area contributed by atoms with Gasteiger partial charge in [-0.2, -0.15) is 5.10 Å². The molecule has 8 nitrogen and oxygen atoms in total. The lowest BCUT2D eigenvalue weighted by molar-refractivity contribution is 0.0418. The van der Waals surface area contributed by atoms with E-state index in [1.807, 2.05) is 35.1 Å². The molecule has 3 heterocycles. The minimum Gasteiger partial charge on any atom is -0.497 e. The van der Waals surface area contributed by atoms with Gasteiger partial charge in [-0.05, 0) is 48.3 Å². The van der Waals surface area contributed by atoms with Crippen molar-refractivity contribution in [3.63, 3.8) is 0 Å². The molecule has 190 valence electrons. The number of alkyl halides is 1. The fourth-order valence-electron chi connectivity index (χ4n) is 5.24. The van der Waals surface area contributed by atoms with E-state index in [-0.39, 0.29) is 22.1 Å². The zero-order valence-corrected chi connectivity index (χ0v) is 22.5. The Bertz CT molecular complexity index is 1060. The van der Waals surface area contributed by atoms with Crippen molar-refractivity contribution in [2.45, 2.75) is 57.4 Å². The van der Waals surface area contributed by atoms with Crippen LogP contribution in [-0.4, -0.2) is 69.3 Å². The SMILES string of the molecule is COc1ccc(Cn2cc3c(n2)N(CC2CCN(C(=O)O)C(C(C)(C)C)C2)CCC(Br)C3=O)cc1. The van der Waals surface area contributed by atoms with E-state index >= 15 is 0 Å². The van der Waals surface area contributed by atoms with Crippen LogP contribution in [0.5, 0.6) is 5.75 Å². The Morgan fingerprint density at radius 1 is 1.20 bits per heavy atom. The van der Waals surface area contributed by atoms with Gasteiger partial charge in [-0.1, -0.05) is 48.8 Å². The predicted molar refractivity (Wildman–Crippen MR) is 139 cm³/mol.